The van der Waals surface area contributed by atoms with Crippen LogP contribution in [0.15, 0.2) is 0 Å². The molecule has 1 heterocycles. The molecule has 0 aliphatic carbocycles. The van der Waals surface area contributed by atoms with E-state index < -0.39 is 5.97 Å². The van der Waals surface area contributed by atoms with Crippen molar-refractivity contribution in [1.29, 1.82) is 0 Å². The zero-order valence-corrected chi connectivity index (χ0v) is 10.8. The fourth-order valence-electron chi connectivity index (χ4n) is 2.45. The van der Waals surface area contributed by atoms with Gasteiger partial charge in [0.05, 0.1) is 5.92 Å². The molecule has 1 fully saturated rings. The molecule has 2 unspecified atom stereocenters. The van der Waals surface area contributed by atoms with Crippen molar-refractivity contribution in [3.05, 3.63) is 0 Å². The van der Waals surface area contributed by atoms with Crippen LogP contribution in [0.3, 0.4) is 0 Å². The van der Waals surface area contributed by atoms with Crippen LogP contribution in [0.2, 0.25) is 0 Å². The predicted molar refractivity (Wildman–Crippen MR) is 65.5 cm³/mol. The molecular weight excluding hydrogens is 202 g/mol. The summed E-state index contributed by atoms with van der Waals surface area (Å²) in [6.45, 7) is 8.25. The highest BCUT2D eigenvalue weighted by molar-refractivity contribution is 5.70. The number of carbonyl (C=O) groups is 1. The lowest BCUT2D eigenvalue weighted by Gasteiger charge is -2.46. The number of rotatable bonds is 7. The lowest BCUT2D eigenvalue weighted by molar-refractivity contribution is -0.146. The van der Waals surface area contributed by atoms with Crippen molar-refractivity contribution in [2.75, 3.05) is 13.1 Å². The molecule has 1 rings (SSSR count). The maximum Gasteiger partial charge on any atom is 0.306 e. The fourth-order valence-corrected chi connectivity index (χ4v) is 2.45. The summed E-state index contributed by atoms with van der Waals surface area (Å²) in [5, 5.41) is 8.92. The first-order chi connectivity index (χ1) is 7.60. The van der Waals surface area contributed by atoms with Crippen LogP contribution < -0.4 is 0 Å². The predicted octanol–water partition coefficient (Wildman–Crippen LogP) is 2.61. The Balaban J connectivity index is 2.30. The van der Waals surface area contributed by atoms with Crippen LogP contribution >= 0.6 is 0 Å². The SMILES string of the molecule is CCCCC(CC)N1CC(C(C)C(=O)O)C1. The molecule has 0 aromatic carbocycles. The van der Waals surface area contributed by atoms with Crippen molar-refractivity contribution in [3.8, 4) is 0 Å². The van der Waals surface area contributed by atoms with E-state index in [-0.39, 0.29) is 5.92 Å². The molecule has 0 amide bonds. The smallest absolute Gasteiger partial charge is 0.306 e. The molecule has 3 heteroatoms. The average molecular weight is 227 g/mol. The van der Waals surface area contributed by atoms with Gasteiger partial charge in [-0.15, -0.1) is 0 Å². The Kier molecular flexibility index (Phi) is 5.26. The summed E-state index contributed by atoms with van der Waals surface area (Å²) in [6.07, 6.45) is 4.99. The zero-order valence-electron chi connectivity index (χ0n) is 10.8. The third-order valence-electron chi connectivity index (χ3n) is 3.91. The summed E-state index contributed by atoms with van der Waals surface area (Å²) in [7, 11) is 0. The van der Waals surface area contributed by atoms with Gasteiger partial charge in [0.15, 0.2) is 0 Å². The summed E-state index contributed by atoms with van der Waals surface area (Å²) >= 11 is 0. The highest BCUT2D eigenvalue weighted by Crippen LogP contribution is 2.28. The van der Waals surface area contributed by atoms with Crippen molar-refractivity contribution >= 4 is 5.97 Å². The molecule has 16 heavy (non-hydrogen) atoms. The molecule has 1 saturated heterocycles. The highest BCUT2D eigenvalue weighted by atomic mass is 16.4. The number of hydrogen-bond acceptors (Lipinski definition) is 2. The molecule has 0 spiro atoms. The topological polar surface area (TPSA) is 40.5 Å². The lowest BCUT2D eigenvalue weighted by Crippen LogP contribution is -2.55. The van der Waals surface area contributed by atoms with Gasteiger partial charge in [-0.25, -0.2) is 0 Å². The van der Waals surface area contributed by atoms with E-state index in [2.05, 4.69) is 18.7 Å². The largest absolute Gasteiger partial charge is 0.481 e. The number of carboxylic acids is 1. The number of unbranched alkanes of at least 4 members (excludes halogenated alkanes) is 1. The summed E-state index contributed by atoms with van der Waals surface area (Å²) in [4.78, 5) is 13.3. The number of aliphatic carboxylic acids is 1. The van der Waals surface area contributed by atoms with Gasteiger partial charge in [0.25, 0.3) is 0 Å². The summed E-state index contributed by atoms with van der Waals surface area (Å²) < 4.78 is 0. The van der Waals surface area contributed by atoms with Crippen LogP contribution in [0.5, 0.6) is 0 Å². The van der Waals surface area contributed by atoms with E-state index in [0.717, 1.165) is 13.1 Å². The van der Waals surface area contributed by atoms with Gasteiger partial charge in [0.2, 0.25) is 0 Å². The standard InChI is InChI=1S/C13H25NO2/c1-4-6-7-12(5-2)14-8-11(9-14)10(3)13(15)16/h10-12H,4-9H2,1-3H3,(H,15,16). The Morgan fingerprint density at radius 3 is 2.50 bits per heavy atom. The molecule has 94 valence electrons. The first kappa shape index (κ1) is 13.5. The van der Waals surface area contributed by atoms with Crippen LogP contribution in [0, 0.1) is 11.8 Å². The van der Waals surface area contributed by atoms with E-state index in [4.69, 9.17) is 5.11 Å². The highest BCUT2D eigenvalue weighted by Gasteiger charge is 2.37. The van der Waals surface area contributed by atoms with Crippen molar-refractivity contribution in [1.82, 2.24) is 4.90 Å². The Labute approximate surface area is 98.8 Å². The zero-order chi connectivity index (χ0) is 12.1. The van der Waals surface area contributed by atoms with E-state index in [0.29, 0.717) is 12.0 Å². The van der Waals surface area contributed by atoms with Crippen molar-refractivity contribution in [2.24, 2.45) is 11.8 Å². The average Bonchev–Trinajstić information content (AvgIpc) is 2.20. The van der Waals surface area contributed by atoms with Gasteiger partial charge < -0.3 is 5.11 Å². The maximum atomic E-state index is 10.8. The second kappa shape index (κ2) is 6.24. The van der Waals surface area contributed by atoms with Gasteiger partial charge in [0.1, 0.15) is 0 Å². The monoisotopic (exact) mass is 227 g/mol. The molecule has 0 aromatic rings. The van der Waals surface area contributed by atoms with Gasteiger partial charge in [0, 0.05) is 19.1 Å². The molecular formula is C13H25NO2. The van der Waals surface area contributed by atoms with Crippen LogP contribution in [0.1, 0.15) is 46.5 Å². The van der Waals surface area contributed by atoms with E-state index in [1.165, 1.54) is 25.7 Å². The number of carboxylic acid groups (broad SMARTS) is 1. The number of nitrogens with zero attached hydrogens (tertiary/aromatic N) is 1. The number of hydrogen-bond donors (Lipinski definition) is 1. The first-order valence-electron chi connectivity index (χ1n) is 6.56. The first-order valence-corrected chi connectivity index (χ1v) is 6.56. The lowest BCUT2D eigenvalue weighted by atomic mass is 9.85. The van der Waals surface area contributed by atoms with E-state index >= 15 is 0 Å². The maximum absolute atomic E-state index is 10.8. The minimum absolute atomic E-state index is 0.181. The van der Waals surface area contributed by atoms with Crippen molar-refractivity contribution in [2.45, 2.75) is 52.5 Å². The van der Waals surface area contributed by atoms with Crippen LogP contribution in [-0.2, 0) is 4.79 Å². The molecule has 2 atom stereocenters. The summed E-state index contributed by atoms with van der Waals surface area (Å²) in [6, 6.07) is 0.678. The third-order valence-corrected chi connectivity index (χ3v) is 3.91. The molecule has 0 aromatic heterocycles. The molecule has 0 bridgehead atoms. The Hall–Kier alpha value is -0.570. The summed E-state index contributed by atoms with van der Waals surface area (Å²) in [5.74, 6) is -0.459. The normalized spacial score (nSPS) is 21.4. The van der Waals surface area contributed by atoms with Gasteiger partial charge in [-0.05, 0) is 18.8 Å². The Morgan fingerprint density at radius 1 is 1.44 bits per heavy atom. The van der Waals surface area contributed by atoms with Crippen LogP contribution in [0.4, 0.5) is 0 Å². The minimum atomic E-state index is -0.647. The second-order valence-corrected chi connectivity index (χ2v) is 5.05. The third kappa shape index (κ3) is 3.21. The van der Waals surface area contributed by atoms with E-state index in [9.17, 15) is 4.79 Å². The number of likely N-dealkylation sites (tertiary alicyclic amines) is 1. The fraction of sp³-hybridized carbons (Fsp3) is 0.923. The van der Waals surface area contributed by atoms with Crippen LogP contribution in [0.25, 0.3) is 0 Å². The molecule has 1 N–H and O–H groups in total. The van der Waals surface area contributed by atoms with Crippen LogP contribution in [-0.4, -0.2) is 35.1 Å². The van der Waals surface area contributed by atoms with Crippen molar-refractivity contribution < 1.29 is 9.90 Å². The van der Waals surface area contributed by atoms with E-state index in [1.54, 1.807) is 0 Å². The van der Waals surface area contributed by atoms with Gasteiger partial charge in [-0.3, -0.25) is 9.69 Å². The Bertz CT molecular complexity index is 224. The molecule has 0 radical (unpaired) electrons. The Morgan fingerprint density at radius 2 is 2.06 bits per heavy atom. The van der Waals surface area contributed by atoms with Crippen molar-refractivity contribution in [3.63, 3.8) is 0 Å². The summed E-state index contributed by atoms with van der Waals surface area (Å²) in [5.41, 5.74) is 0. The minimum Gasteiger partial charge on any atom is -0.481 e. The van der Waals surface area contributed by atoms with Gasteiger partial charge in [-0.2, -0.15) is 0 Å². The van der Waals surface area contributed by atoms with Gasteiger partial charge in [-0.1, -0.05) is 33.6 Å². The molecule has 1 aliphatic heterocycles. The molecule has 1 aliphatic rings. The quantitative estimate of drug-likeness (QED) is 0.727. The van der Waals surface area contributed by atoms with Gasteiger partial charge >= 0.3 is 5.97 Å². The molecule has 0 saturated carbocycles. The second-order valence-electron chi connectivity index (χ2n) is 5.05. The van der Waals surface area contributed by atoms with E-state index in [1.807, 2.05) is 6.92 Å². The molecule has 3 nitrogen and oxygen atoms in total.